The lowest BCUT2D eigenvalue weighted by Gasteiger charge is -2.33. The molecule has 1 heterocycles. The summed E-state index contributed by atoms with van der Waals surface area (Å²) >= 11 is 0. The van der Waals surface area contributed by atoms with Crippen LogP contribution in [0.25, 0.3) is 0 Å². The number of fused-ring (bicyclic) bond motifs is 1. The van der Waals surface area contributed by atoms with E-state index in [1.165, 1.54) is 32.1 Å². The number of carbonyl (C=O) groups excluding carboxylic acids is 1. The van der Waals surface area contributed by atoms with E-state index in [9.17, 15) is 4.79 Å². The SMILES string of the molecule is CN(CCN(C)C1CCCCC1)C(=O)C1COc2ccccc2C1. The van der Waals surface area contributed by atoms with Gasteiger partial charge >= 0.3 is 0 Å². The molecule has 1 amide bonds. The molecule has 1 aromatic carbocycles. The topological polar surface area (TPSA) is 32.8 Å². The zero-order chi connectivity index (χ0) is 16.9. The Balaban J connectivity index is 1.48. The van der Waals surface area contributed by atoms with Crippen molar-refractivity contribution in [2.75, 3.05) is 33.8 Å². The van der Waals surface area contributed by atoms with Crippen molar-refractivity contribution in [3.8, 4) is 5.75 Å². The van der Waals surface area contributed by atoms with Crippen LogP contribution in [0.5, 0.6) is 5.75 Å². The van der Waals surface area contributed by atoms with E-state index >= 15 is 0 Å². The Bertz CT molecular complexity index is 554. The van der Waals surface area contributed by atoms with Crippen LogP contribution in [0.4, 0.5) is 0 Å². The first-order chi connectivity index (χ1) is 11.6. The first kappa shape index (κ1) is 17.3. The standard InChI is InChI=1S/C20H30N2O2/c1-21(18-9-4-3-5-10-18)12-13-22(2)20(23)17-14-16-8-6-7-11-19(16)24-15-17/h6-8,11,17-18H,3-5,9-10,12-15H2,1-2H3. The van der Waals surface area contributed by atoms with Crippen molar-refractivity contribution < 1.29 is 9.53 Å². The number of para-hydroxylation sites is 1. The molecule has 1 unspecified atom stereocenters. The number of benzene rings is 1. The van der Waals surface area contributed by atoms with Crippen LogP contribution in [-0.4, -0.2) is 55.5 Å². The Morgan fingerprint density at radius 1 is 1.12 bits per heavy atom. The zero-order valence-electron chi connectivity index (χ0n) is 15.0. The van der Waals surface area contributed by atoms with Crippen molar-refractivity contribution in [2.24, 2.45) is 5.92 Å². The van der Waals surface area contributed by atoms with Gasteiger partial charge < -0.3 is 14.5 Å². The van der Waals surface area contributed by atoms with Crippen molar-refractivity contribution in [3.63, 3.8) is 0 Å². The smallest absolute Gasteiger partial charge is 0.229 e. The van der Waals surface area contributed by atoms with E-state index in [4.69, 9.17) is 4.74 Å². The van der Waals surface area contributed by atoms with Gasteiger partial charge in [-0.25, -0.2) is 0 Å². The fourth-order valence-corrected chi connectivity index (χ4v) is 3.92. The molecule has 4 nitrogen and oxygen atoms in total. The van der Waals surface area contributed by atoms with Gasteiger partial charge in [-0.3, -0.25) is 4.79 Å². The monoisotopic (exact) mass is 330 g/mol. The molecule has 0 aromatic heterocycles. The zero-order valence-corrected chi connectivity index (χ0v) is 15.0. The lowest BCUT2D eigenvalue weighted by Crippen LogP contribution is -2.43. The van der Waals surface area contributed by atoms with Crippen LogP contribution in [0.1, 0.15) is 37.7 Å². The summed E-state index contributed by atoms with van der Waals surface area (Å²) in [5.41, 5.74) is 1.15. The number of hydrogen-bond acceptors (Lipinski definition) is 3. The third kappa shape index (κ3) is 4.10. The number of ether oxygens (including phenoxy) is 1. The summed E-state index contributed by atoms with van der Waals surface area (Å²) in [7, 11) is 4.13. The lowest BCUT2D eigenvalue weighted by molar-refractivity contribution is -0.135. The maximum absolute atomic E-state index is 12.7. The summed E-state index contributed by atoms with van der Waals surface area (Å²) in [5, 5.41) is 0. The molecule has 132 valence electrons. The predicted molar refractivity (Wildman–Crippen MR) is 96.3 cm³/mol. The first-order valence-corrected chi connectivity index (χ1v) is 9.31. The van der Waals surface area contributed by atoms with Crippen LogP contribution in [0.3, 0.4) is 0 Å². The van der Waals surface area contributed by atoms with Gasteiger partial charge in [0.15, 0.2) is 0 Å². The Hall–Kier alpha value is -1.55. The number of likely N-dealkylation sites (N-methyl/N-ethyl adjacent to an activating group) is 2. The van der Waals surface area contributed by atoms with Crippen LogP contribution in [0.15, 0.2) is 24.3 Å². The third-order valence-corrected chi connectivity index (χ3v) is 5.59. The highest BCUT2D eigenvalue weighted by atomic mass is 16.5. The molecule has 2 aliphatic rings. The number of rotatable bonds is 5. The van der Waals surface area contributed by atoms with Gasteiger partial charge in [-0.05, 0) is 37.9 Å². The van der Waals surface area contributed by atoms with E-state index in [-0.39, 0.29) is 11.8 Å². The van der Waals surface area contributed by atoms with Gasteiger partial charge in [-0.2, -0.15) is 0 Å². The molecule has 1 fully saturated rings. The van der Waals surface area contributed by atoms with E-state index in [0.29, 0.717) is 12.6 Å². The molecular weight excluding hydrogens is 300 g/mol. The highest BCUT2D eigenvalue weighted by Gasteiger charge is 2.28. The minimum absolute atomic E-state index is 0.0510. The van der Waals surface area contributed by atoms with Crippen molar-refractivity contribution in [2.45, 2.75) is 44.6 Å². The van der Waals surface area contributed by atoms with E-state index in [1.54, 1.807) is 0 Å². The number of carbonyl (C=O) groups is 1. The molecule has 1 saturated carbocycles. The largest absolute Gasteiger partial charge is 0.492 e. The molecule has 1 aliphatic carbocycles. The van der Waals surface area contributed by atoms with Gasteiger partial charge in [-0.1, -0.05) is 37.5 Å². The molecule has 0 saturated heterocycles. The molecule has 0 radical (unpaired) electrons. The van der Waals surface area contributed by atoms with Crippen molar-refractivity contribution in [1.29, 1.82) is 0 Å². The van der Waals surface area contributed by atoms with Crippen molar-refractivity contribution in [1.82, 2.24) is 9.80 Å². The molecule has 1 atom stereocenters. The minimum atomic E-state index is -0.0510. The van der Waals surface area contributed by atoms with Crippen LogP contribution >= 0.6 is 0 Å². The highest BCUT2D eigenvalue weighted by molar-refractivity contribution is 5.79. The number of amides is 1. The maximum Gasteiger partial charge on any atom is 0.229 e. The van der Waals surface area contributed by atoms with Crippen LogP contribution < -0.4 is 4.74 Å². The molecule has 0 N–H and O–H groups in total. The van der Waals surface area contributed by atoms with Crippen LogP contribution in [-0.2, 0) is 11.2 Å². The molecule has 24 heavy (non-hydrogen) atoms. The molecule has 1 aliphatic heterocycles. The fourth-order valence-electron chi connectivity index (χ4n) is 3.92. The second kappa shape index (κ2) is 8.02. The molecule has 1 aromatic rings. The predicted octanol–water partition coefficient (Wildman–Crippen LogP) is 2.96. The van der Waals surface area contributed by atoms with E-state index in [2.05, 4.69) is 18.0 Å². The number of hydrogen-bond donors (Lipinski definition) is 0. The number of nitrogens with zero attached hydrogens (tertiary/aromatic N) is 2. The van der Waals surface area contributed by atoms with E-state index in [1.807, 2.05) is 30.1 Å². The Morgan fingerprint density at radius 3 is 2.67 bits per heavy atom. The van der Waals surface area contributed by atoms with Crippen LogP contribution in [0, 0.1) is 5.92 Å². The van der Waals surface area contributed by atoms with E-state index < -0.39 is 0 Å². The Kier molecular flexibility index (Phi) is 5.77. The Labute approximate surface area is 145 Å². The molecule has 3 rings (SSSR count). The van der Waals surface area contributed by atoms with Crippen molar-refractivity contribution in [3.05, 3.63) is 29.8 Å². The van der Waals surface area contributed by atoms with Gasteiger partial charge in [0.25, 0.3) is 0 Å². The summed E-state index contributed by atoms with van der Waals surface area (Å²) in [6.07, 6.45) is 7.48. The highest BCUT2D eigenvalue weighted by Crippen LogP contribution is 2.27. The first-order valence-electron chi connectivity index (χ1n) is 9.31. The van der Waals surface area contributed by atoms with Gasteiger partial charge in [0, 0.05) is 26.2 Å². The molecule has 4 heteroatoms. The second-order valence-electron chi connectivity index (χ2n) is 7.35. The Morgan fingerprint density at radius 2 is 1.88 bits per heavy atom. The minimum Gasteiger partial charge on any atom is -0.492 e. The molecular formula is C20H30N2O2. The quantitative estimate of drug-likeness (QED) is 0.832. The summed E-state index contributed by atoms with van der Waals surface area (Å²) < 4.78 is 5.77. The average Bonchev–Trinajstić information content (AvgIpc) is 2.65. The van der Waals surface area contributed by atoms with Gasteiger partial charge in [-0.15, -0.1) is 0 Å². The molecule has 0 bridgehead atoms. The molecule has 0 spiro atoms. The fraction of sp³-hybridized carbons (Fsp3) is 0.650. The average molecular weight is 330 g/mol. The second-order valence-corrected chi connectivity index (χ2v) is 7.35. The summed E-state index contributed by atoms with van der Waals surface area (Å²) in [6, 6.07) is 8.74. The van der Waals surface area contributed by atoms with Gasteiger partial charge in [0.2, 0.25) is 5.91 Å². The third-order valence-electron chi connectivity index (χ3n) is 5.59. The maximum atomic E-state index is 12.7. The van der Waals surface area contributed by atoms with Gasteiger partial charge in [0.1, 0.15) is 12.4 Å². The lowest BCUT2D eigenvalue weighted by atomic mass is 9.94. The summed E-state index contributed by atoms with van der Waals surface area (Å²) in [6.45, 7) is 2.25. The summed E-state index contributed by atoms with van der Waals surface area (Å²) in [4.78, 5) is 17.1. The normalized spacial score (nSPS) is 21.2. The summed E-state index contributed by atoms with van der Waals surface area (Å²) in [5.74, 6) is 1.09. The van der Waals surface area contributed by atoms with Crippen molar-refractivity contribution >= 4 is 5.91 Å². The van der Waals surface area contributed by atoms with Gasteiger partial charge in [0.05, 0.1) is 5.92 Å². The van der Waals surface area contributed by atoms with E-state index in [0.717, 1.165) is 30.8 Å². The van der Waals surface area contributed by atoms with Crippen LogP contribution in [0.2, 0.25) is 0 Å².